The van der Waals surface area contributed by atoms with Crippen molar-refractivity contribution in [1.29, 1.82) is 0 Å². The van der Waals surface area contributed by atoms with Gasteiger partial charge in [-0.25, -0.2) is 4.98 Å². The average molecular weight is 614 g/mol. The largest absolute Gasteiger partial charge is 0.389 e. The van der Waals surface area contributed by atoms with Crippen molar-refractivity contribution < 1.29 is 14.7 Å². The Morgan fingerprint density at radius 1 is 0.977 bits per heavy atom. The number of pyridine rings is 1. The number of amides is 2. The highest BCUT2D eigenvalue weighted by atomic mass is 32.1. The molecule has 44 heavy (non-hydrogen) atoms. The molecule has 0 saturated carbocycles. The third-order valence-corrected chi connectivity index (χ3v) is 8.48. The Bertz CT molecular complexity index is 1520. The van der Waals surface area contributed by atoms with E-state index in [9.17, 15) is 14.7 Å². The molecular weight excluding hydrogens is 570 g/mol. The van der Waals surface area contributed by atoms with Crippen molar-refractivity contribution in [2.75, 3.05) is 25.5 Å². The summed E-state index contributed by atoms with van der Waals surface area (Å²) < 4.78 is 0. The zero-order chi connectivity index (χ0) is 31.6. The lowest BCUT2D eigenvalue weighted by molar-refractivity contribution is 0.0784. The maximum atomic E-state index is 13.5. The first kappa shape index (κ1) is 32.8. The molecule has 0 fully saturated rings. The first-order chi connectivity index (χ1) is 21.1. The van der Waals surface area contributed by atoms with Gasteiger partial charge >= 0.3 is 0 Å². The van der Waals surface area contributed by atoms with Crippen LogP contribution in [0.4, 0.5) is 5.69 Å². The minimum absolute atomic E-state index is 0.195. The van der Waals surface area contributed by atoms with Crippen LogP contribution in [0.1, 0.15) is 62.8 Å². The smallest absolute Gasteiger partial charge is 0.253 e. The minimum atomic E-state index is -0.874. The highest BCUT2D eigenvalue weighted by molar-refractivity contribution is 7.09. The second kappa shape index (κ2) is 15.6. The summed E-state index contributed by atoms with van der Waals surface area (Å²) in [4.78, 5) is 39.2. The van der Waals surface area contributed by atoms with Gasteiger partial charge in [0.1, 0.15) is 5.01 Å². The van der Waals surface area contributed by atoms with E-state index in [0.717, 1.165) is 40.4 Å². The van der Waals surface area contributed by atoms with Crippen LogP contribution in [0.3, 0.4) is 0 Å². The maximum absolute atomic E-state index is 13.5. The van der Waals surface area contributed by atoms with Crippen molar-refractivity contribution in [3.8, 4) is 0 Å². The van der Waals surface area contributed by atoms with E-state index < -0.39 is 12.1 Å². The molecule has 0 aliphatic heterocycles. The zero-order valence-electron chi connectivity index (χ0n) is 26.2. The van der Waals surface area contributed by atoms with Crippen molar-refractivity contribution in [2.45, 2.75) is 58.7 Å². The SMILES string of the molecule is Cc1csc(CN(C)C(=O)c2cccc(C(=O)N[C@@H](Cc3ccccc3)[C@H](O)CN(C)c3cncc(CCC(C)C)c3)c2)n1. The molecule has 0 bridgehead atoms. The summed E-state index contributed by atoms with van der Waals surface area (Å²) >= 11 is 1.52. The predicted molar refractivity (Wildman–Crippen MR) is 177 cm³/mol. The Balaban J connectivity index is 1.47. The summed E-state index contributed by atoms with van der Waals surface area (Å²) in [6, 6.07) is 18.0. The molecule has 2 aromatic heterocycles. The van der Waals surface area contributed by atoms with E-state index in [4.69, 9.17) is 0 Å². The van der Waals surface area contributed by atoms with Gasteiger partial charge in [-0.2, -0.15) is 0 Å². The van der Waals surface area contributed by atoms with Crippen molar-refractivity contribution in [3.05, 3.63) is 111 Å². The summed E-state index contributed by atoms with van der Waals surface area (Å²) in [5.74, 6) is 0.0604. The highest BCUT2D eigenvalue weighted by Crippen LogP contribution is 2.18. The van der Waals surface area contributed by atoms with Crippen LogP contribution < -0.4 is 10.2 Å². The molecule has 2 N–H and O–H groups in total. The van der Waals surface area contributed by atoms with Gasteiger partial charge in [0.2, 0.25) is 0 Å². The number of nitrogens with zero attached hydrogens (tertiary/aromatic N) is 4. The number of likely N-dealkylation sites (N-methyl/N-ethyl adjacent to an activating group) is 1. The fourth-order valence-corrected chi connectivity index (χ4v) is 5.78. The lowest BCUT2D eigenvalue weighted by Gasteiger charge is -2.29. The molecule has 232 valence electrons. The topological polar surface area (TPSA) is 98.7 Å². The molecule has 9 heteroatoms. The van der Waals surface area contributed by atoms with Crippen LogP contribution in [0.5, 0.6) is 0 Å². The molecule has 2 atom stereocenters. The number of carbonyl (C=O) groups excluding carboxylic acids is 2. The Morgan fingerprint density at radius 2 is 1.73 bits per heavy atom. The van der Waals surface area contributed by atoms with Crippen molar-refractivity contribution >= 4 is 28.8 Å². The molecule has 0 aliphatic rings. The van der Waals surface area contributed by atoms with Gasteiger partial charge in [-0.15, -0.1) is 11.3 Å². The van der Waals surface area contributed by atoms with E-state index in [1.165, 1.54) is 11.3 Å². The monoisotopic (exact) mass is 613 g/mol. The first-order valence-corrected chi connectivity index (χ1v) is 15.9. The number of aryl methyl sites for hydroxylation is 2. The van der Waals surface area contributed by atoms with E-state index in [1.54, 1.807) is 42.4 Å². The number of carbonyl (C=O) groups is 2. The van der Waals surface area contributed by atoms with E-state index >= 15 is 0 Å². The number of aromatic nitrogens is 2. The van der Waals surface area contributed by atoms with Gasteiger partial charge in [-0.05, 0) is 67.5 Å². The quantitative estimate of drug-likeness (QED) is 0.194. The Morgan fingerprint density at radius 3 is 2.43 bits per heavy atom. The lowest BCUT2D eigenvalue weighted by Crippen LogP contribution is -2.49. The van der Waals surface area contributed by atoms with Crippen molar-refractivity contribution in [2.24, 2.45) is 5.92 Å². The van der Waals surface area contributed by atoms with E-state index in [1.807, 2.05) is 60.8 Å². The average Bonchev–Trinajstić information content (AvgIpc) is 3.43. The van der Waals surface area contributed by atoms with Crippen LogP contribution in [0, 0.1) is 12.8 Å². The first-order valence-electron chi connectivity index (χ1n) is 15.0. The normalized spacial score (nSPS) is 12.5. The Kier molecular flexibility index (Phi) is 11.6. The van der Waals surface area contributed by atoms with Gasteiger partial charge in [0, 0.05) is 49.0 Å². The summed E-state index contributed by atoms with van der Waals surface area (Å²) in [6.45, 7) is 7.03. The van der Waals surface area contributed by atoms with Crippen LogP contribution >= 0.6 is 11.3 Å². The van der Waals surface area contributed by atoms with Gasteiger partial charge in [0.05, 0.1) is 30.6 Å². The molecule has 0 aliphatic carbocycles. The summed E-state index contributed by atoms with van der Waals surface area (Å²) in [5.41, 5.74) is 4.77. The van der Waals surface area contributed by atoms with Gasteiger partial charge in [0.25, 0.3) is 11.8 Å². The molecule has 0 unspecified atom stereocenters. The lowest BCUT2D eigenvalue weighted by atomic mass is 9.99. The molecule has 8 nitrogen and oxygen atoms in total. The van der Waals surface area contributed by atoms with Gasteiger partial charge in [0.15, 0.2) is 0 Å². The molecule has 0 saturated heterocycles. The third-order valence-electron chi connectivity index (χ3n) is 7.53. The summed E-state index contributed by atoms with van der Waals surface area (Å²) in [6.07, 6.45) is 5.29. The van der Waals surface area contributed by atoms with E-state index in [0.29, 0.717) is 36.6 Å². The number of rotatable bonds is 14. The van der Waals surface area contributed by atoms with Crippen LogP contribution in [0.2, 0.25) is 0 Å². The van der Waals surface area contributed by atoms with Crippen molar-refractivity contribution in [1.82, 2.24) is 20.2 Å². The molecule has 4 rings (SSSR count). The van der Waals surface area contributed by atoms with Crippen LogP contribution in [0.25, 0.3) is 0 Å². The molecule has 2 heterocycles. The number of thiazole rings is 1. The second-order valence-corrected chi connectivity index (χ2v) is 12.8. The van der Waals surface area contributed by atoms with E-state index in [-0.39, 0.29) is 11.8 Å². The van der Waals surface area contributed by atoms with Gasteiger partial charge < -0.3 is 20.2 Å². The second-order valence-electron chi connectivity index (χ2n) is 11.8. The fraction of sp³-hybridized carbons (Fsp3) is 0.371. The fourth-order valence-electron chi connectivity index (χ4n) is 4.95. The maximum Gasteiger partial charge on any atom is 0.253 e. The number of anilines is 1. The van der Waals surface area contributed by atoms with Crippen LogP contribution in [-0.4, -0.2) is 64.6 Å². The van der Waals surface area contributed by atoms with Gasteiger partial charge in [-0.3, -0.25) is 14.6 Å². The standard InChI is InChI=1S/C35H43N5O3S/c1-24(2)14-15-27-16-30(20-36-19-27)39(4)21-32(41)31(17-26-10-7-6-8-11-26)38-34(42)28-12-9-13-29(18-28)35(43)40(5)22-33-37-25(3)23-44-33/h6-13,16,18-20,23-24,31-32,41H,14-15,17,21-22H2,1-5H3,(H,38,42)/t31-,32+/m0/s1. The summed E-state index contributed by atoms with van der Waals surface area (Å²) in [5, 5.41) is 17.3. The highest BCUT2D eigenvalue weighted by Gasteiger charge is 2.25. The van der Waals surface area contributed by atoms with Crippen LogP contribution in [0.15, 0.2) is 78.4 Å². The number of benzene rings is 2. The number of hydrogen-bond acceptors (Lipinski definition) is 7. The number of hydrogen-bond donors (Lipinski definition) is 2. The molecule has 2 amide bonds. The van der Waals surface area contributed by atoms with Crippen LogP contribution in [-0.2, 0) is 19.4 Å². The minimum Gasteiger partial charge on any atom is -0.389 e. The van der Waals surface area contributed by atoms with Gasteiger partial charge in [-0.1, -0.05) is 50.2 Å². The predicted octanol–water partition coefficient (Wildman–Crippen LogP) is 5.55. The van der Waals surface area contributed by atoms with E-state index in [2.05, 4.69) is 35.2 Å². The third kappa shape index (κ3) is 9.46. The molecule has 4 aromatic rings. The zero-order valence-corrected chi connectivity index (χ0v) is 27.1. The summed E-state index contributed by atoms with van der Waals surface area (Å²) in [7, 11) is 3.65. The molecule has 0 spiro atoms. The number of aliphatic hydroxyl groups is 1. The molecule has 2 aromatic carbocycles. The molecular formula is C35H43N5O3S. The Hall–Kier alpha value is -4.08. The van der Waals surface area contributed by atoms with Crippen molar-refractivity contribution in [3.63, 3.8) is 0 Å². The number of aliphatic hydroxyl groups excluding tert-OH is 1. The number of nitrogens with one attached hydrogen (secondary N) is 1. The molecule has 0 radical (unpaired) electrons. The Labute approximate surface area is 264 Å².